The molecule has 1 atom stereocenters. The maximum Gasteiger partial charge on any atom is 0.416 e. The number of nitrogens with one attached hydrogen (secondary N) is 1. The predicted molar refractivity (Wildman–Crippen MR) is 79.2 cm³/mol. The first kappa shape index (κ1) is 19.8. The highest BCUT2D eigenvalue weighted by atomic mass is 19.4. The molecule has 0 saturated carbocycles. The van der Waals surface area contributed by atoms with E-state index in [1.165, 1.54) is 0 Å². The van der Waals surface area contributed by atoms with E-state index in [9.17, 15) is 36.2 Å². The third-order valence-corrected chi connectivity index (χ3v) is 3.63. The Morgan fingerprint density at radius 1 is 1.12 bits per heavy atom. The van der Waals surface area contributed by atoms with E-state index in [0.717, 1.165) is 0 Å². The Morgan fingerprint density at radius 3 is 2.08 bits per heavy atom. The average Bonchev–Trinajstić information content (AvgIpc) is 2.96. The first-order chi connectivity index (χ1) is 11.9. The molecular formula is C16H14F6N2O2. The van der Waals surface area contributed by atoms with E-state index in [1.807, 2.05) is 0 Å². The van der Waals surface area contributed by atoms with E-state index < -0.39 is 41.1 Å². The number of hydrogen-bond acceptors (Lipinski definition) is 2. The van der Waals surface area contributed by atoms with Crippen LogP contribution in [-0.4, -0.2) is 22.1 Å². The van der Waals surface area contributed by atoms with Crippen LogP contribution in [0.15, 0.2) is 36.5 Å². The molecule has 0 radical (unpaired) electrons. The second-order valence-corrected chi connectivity index (χ2v) is 5.56. The molecule has 0 aliphatic carbocycles. The van der Waals surface area contributed by atoms with Crippen molar-refractivity contribution >= 4 is 5.91 Å². The van der Waals surface area contributed by atoms with Gasteiger partial charge < -0.3 is 15.0 Å². The molecule has 10 heteroatoms. The number of nitrogens with zero attached hydrogens (tertiary/aromatic N) is 1. The van der Waals surface area contributed by atoms with Gasteiger partial charge in [0.15, 0.2) is 0 Å². The summed E-state index contributed by atoms with van der Waals surface area (Å²) >= 11 is 0. The van der Waals surface area contributed by atoms with Crippen molar-refractivity contribution < 1.29 is 36.2 Å². The molecule has 1 aromatic carbocycles. The largest absolute Gasteiger partial charge is 0.416 e. The number of rotatable bonds is 4. The number of amides is 1. The van der Waals surface area contributed by atoms with Gasteiger partial charge in [-0.1, -0.05) is 0 Å². The molecule has 142 valence electrons. The fourth-order valence-corrected chi connectivity index (χ4v) is 2.30. The van der Waals surface area contributed by atoms with E-state index in [2.05, 4.69) is 5.32 Å². The molecule has 1 heterocycles. The number of carbonyl (C=O) groups excluding carboxylic acids is 1. The summed E-state index contributed by atoms with van der Waals surface area (Å²) in [5.74, 6) is -1.16. The Labute approximate surface area is 144 Å². The lowest BCUT2D eigenvalue weighted by Crippen LogP contribution is -2.29. The molecule has 4 nitrogen and oxygen atoms in total. The van der Waals surface area contributed by atoms with Gasteiger partial charge in [0, 0.05) is 31.0 Å². The van der Waals surface area contributed by atoms with Crippen LogP contribution in [0.3, 0.4) is 0 Å². The average molecular weight is 380 g/mol. The second kappa shape index (κ2) is 7.02. The van der Waals surface area contributed by atoms with E-state index in [4.69, 9.17) is 0 Å². The number of aromatic nitrogens is 1. The Kier molecular flexibility index (Phi) is 5.36. The van der Waals surface area contributed by atoms with E-state index in [0.29, 0.717) is 17.8 Å². The topological polar surface area (TPSA) is 54.3 Å². The molecule has 0 saturated heterocycles. The minimum absolute atomic E-state index is 0.0599. The van der Waals surface area contributed by atoms with Crippen molar-refractivity contribution in [2.75, 3.05) is 6.54 Å². The van der Waals surface area contributed by atoms with Gasteiger partial charge >= 0.3 is 12.4 Å². The highest BCUT2D eigenvalue weighted by Gasteiger charge is 2.37. The Balaban J connectivity index is 2.23. The standard InChI is InChI=1S/C16H14F6N2O2/c1-24-4-2-3-12(24)13(25)8-23-14(26)9-5-10(15(17,18)19)7-11(6-9)16(20,21)22/h2-7,13,25H,8H2,1H3,(H,23,26). The summed E-state index contributed by atoms with van der Waals surface area (Å²) in [6, 6.07) is 3.79. The fraction of sp³-hybridized carbons (Fsp3) is 0.312. The van der Waals surface area contributed by atoms with Gasteiger partial charge in [0.1, 0.15) is 6.10 Å². The number of hydrogen-bond donors (Lipinski definition) is 2. The molecule has 0 aliphatic heterocycles. The normalized spacial score (nSPS) is 13.5. The molecule has 0 aliphatic rings. The van der Waals surface area contributed by atoms with Crippen LogP contribution in [0.2, 0.25) is 0 Å². The van der Waals surface area contributed by atoms with Gasteiger partial charge in [0.2, 0.25) is 0 Å². The van der Waals surface area contributed by atoms with Crippen LogP contribution in [0.4, 0.5) is 26.3 Å². The molecule has 0 bridgehead atoms. The summed E-state index contributed by atoms with van der Waals surface area (Å²) in [7, 11) is 1.63. The summed E-state index contributed by atoms with van der Waals surface area (Å²) < 4.78 is 78.4. The number of halogens is 6. The van der Waals surface area contributed by atoms with E-state index in [1.54, 1.807) is 29.9 Å². The van der Waals surface area contributed by atoms with Gasteiger partial charge in [0.05, 0.1) is 11.1 Å². The van der Waals surface area contributed by atoms with E-state index >= 15 is 0 Å². The van der Waals surface area contributed by atoms with Crippen LogP contribution >= 0.6 is 0 Å². The van der Waals surface area contributed by atoms with Crippen molar-refractivity contribution in [3.63, 3.8) is 0 Å². The van der Waals surface area contributed by atoms with Gasteiger partial charge in [0.25, 0.3) is 5.91 Å². The second-order valence-electron chi connectivity index (χ2n) is 5.56. The number of alkyl halides is 6. The Hall–Kier alpha value is -2.49. The molecule has 1 amide bonds. The van der Waals surface area contributed by atoms with Gasteiger partial charge in [-0.2, -0.15) is 26.3 Å². The van der Waals surface area contributed by atoms with Crippen LogP contribution in [-0.2, 0) is 19.4 Å². The number of benzene rings is 1. The monoisotopic (exact) mass is 380 g/mol. The maximum absolute atomic E-state index is 12.8. The summed E-state index contributed by atoms with van der Waals surface area (Å²) in [6.45, 7) is -0.381. The summed E-state index contributed by atoms with van der Waals surface area (Å²) in [4.78, 5) is 12.0. The van der Waals surface area contributed by atoms with Gasteiger partial charge in [-0.25, -0.2) is 0 Å². The van der Waals surface area contributed by atoms with Crippen molar-refractivity contribution in [1.29, 1.82) is 0 Å². The van der Waals surface area contributed by atoms with Gasteiger partial charge in [-0.15, -0.1) is 0 Å². The maximum atomic E-state index is 12.8. The van der Waals surface area contributed by atoms with E-state index in [-0.39, 0.29) is 12.6 Å². The first-order valence-corrected chi connectivity index (χ1v) is 7.26. The quantitative estimate of drug-likeness (QED) is 0.798. The lowest BCUT2D eigenvalue weighted by Gasteiger charge is -2.16. The summed E-state index contributed by atoms with van der Waals surface area (Å²) in [6.07, 6.45) is -9.63. The Bertz CT molecular complexity index is 763. The lowest BCUT2D eigenvalue weighted by molar-refractivity contribution is -0.143. The highest BCUT2D eigenvalue weighted by molar-refractivity contribution is 5.94. The molecule has 0 fully saturated rings. The van der Waals surface area contributed by atoms with Gasteiger partial charge in [-0.3, -0.25) is 4.79 Å². The van der Waals surface area contributed by atoms with Crippen LogP contribution < -0.4 is 5.32 Å². The minimum atomic E-state index is -5.04. The zero-order chi connectivity index (χ0) is 19.7. The Morgan fingerprint density at radius 2 is 1.65 bits per heavy atom. The number of aryl methyl sites for hydroxylation is 1. The smallest absolute Gasteiger partial charge is 0.385 e. The van der Waals surface area contributed by atoms with Crippen LogP contribution in [0, 0.1) is 0 Å². The van der Waals surface area contributed by atoms with Crippen molar-refractivity contribution in [1.82, 2.24) is 9.88 Å². The van der Waals surface area contributed by atoms with Crippen molar-refractivity contribution in [3.8, 4) is 0 Å². The molecule has 0 spiro atoms. The molecule has 2 rings (SSSR count). The zero-order valence-electron chi connectivity index (χ0n) is 13.3. The van der Waals surface area contributed by atoms with Crippen LogP contribution in [0.5, 0.6) is 0 Å². The molecule has 1 unspecified atom stereocenters. The van der Waals surface area contributed by atoms with Crippen molar-refractivity contribution in [2.45, 2.75) is 18.5 Å². The van der Waals surface area contributed by atoms with Crippen LogP contribution in [0.25, 0.3) is 0 Å². The number of carbonyl (C=O) groups is 1. The molecule has 2 aromatic rings. The predicted octanol–water partition coefficient (Wildman–Crippen LogP) is 3.53. The van der Waals surface area contributed by atoms with Gasteiger partial charge in [-0.05, 0) is 30.3 Å². The summed E-state index contributed by atoms with van der Waals surface area (Å²) in [5.41, 5.74) is -3.54. The third-order valence-electron chi connectivity index (χ3n) is 3.63. The SMILES string of the molecule is Cn1cccc1C(O)CNC(=O)c1cc(C(F)(F)F)cc(C(F)(F)F)c1. The van der Waals surface area contributed by atoms with Crippen molar-refractivity contribution in [2.24, 2.45) is 7.05 Å². The van der Waals surface area contributed by atoms with Crippen molar-refractivity contribution in [3.05, 3.63) is 58.9 Å². The lowest BCUT2D eigenvalue weighted by atomic mass is 10.0. The number of aliphatic hydroxyl groups is 1. The highest BCUT2D eigenvalue weighted by Crippen LogP contribution is 2.36. The van der Waals surface area contributed by atoms with Crippen LogP contribution in [0.1, 0.15) is 33.3 Å². The zero-order valence-corrected chi connectivity index (χ0v) is 13.3. The third kappa shape index (κ3) is 4.57. The molecule has 1 aromatic heterocycles. The fourth-order valence-electron chi connectivity index (χ4n) is 2.30. The summed E-state index contributed by atoms with van der Waals surface area (Å²) in [5, 5.41) is 12.1. The molecule has 26 heavy (non-hydrogen) atoms. The molecular weight excluding hydrogens is 366 g/mol. The minimum Gasteiger partial charge on any atom is -0.385 e. The first-order valence-electron chi connectivity index (χ1n) is 7.26. The number of aliphatic hydroxyl groups excluding tert-OH is 1. The molecule has 2 N–H and O–H groups in total.